The number of nitrogen functional groups attached to an aromatic ring is 1. The van der Waals surface area contributed by atoms with Crippen molar-refractivity contribution in [3.63, 3.8) is 0 Å². The van der Waals surface area contributed by atoms with E-state index >= 15 is 0 Å². The van der Waals surface area contributed by atoms with Crippen molar-refractivity contribution in [3.8, 4) is 0 Å². The van der Waals surface area contributed by atoms with Crippen LogP contribution in [0, 0.1) is 6.92 Å². The van der Waals surface area contributed by atoms with Crippen LogP contribution < -0.4 is 17.0 Å². The Morgan fingerprint density at radius 2 is 1.95 bits per heavy atom. The highest BCUT2D eigenvalue weighted by Gasteiger charge is 2.09. The summed E-state index contributed by atoms with van der Waals surface area (Å²) in [5.74, 6) is 0.843. The average molecular weight is 277 g/mol. The van der Waals surface area contributed by atoms with Crippen LogP contribution in [0.25, 0.3) is 0 Å². The Bertz CT molecular complexity index is 710. The monoisotopic (exact) mass is 277 g/mol. The van der Waals surface area contributed by atoms with Crippen molar-refractivity contribution >= 4 is 5.69 Å². The number of nitrogens with two attached hydrogens (primary N) is 1. The van der Waals surface area contributed by atoms with Crippen LogP contribution in [0.1, 0.15) is 19.2 Å². The first-order valence-electron chi connectivity index (χ1n) is 6.62. The third kappa shape index (κ3) is 2.66. The first kappa shape index (κ1) is 14.1. The fraction of sp³-hybridized carbons (Fsp3) is 0.462. The Balaban J connectivity index is 2.33. The van der Waals surface area contributed by atoms with Gasteiger partial charge in [0.2, 0.25) is 0 Å². The predicted octanol–water partition coefficient (Wildman–Crippen LogP) is 0.207. The number of nitrogens with zero attached hydrogens (tertiary/aromatic N) is 4. The number of hydrogen-bond donors (Lipinski definition) is 1. The van der Waals surface area contributed by atoms with E-state index in [0.29, 0.717) is 13.1 Å². The molecule has 0 amide bonds. The quantitative estimate of drug-likeness (QED) is 0.846. The highest BCUT2D eigenvalue weighted by Crippen LogP contribution is 1.97. The summed E-state index contributed by atoms with van der Waals surface area (Å²) in [5.41, 5.74) is 5.04. The summed E-state index contributed by atoms with van der Waals surface area (Å²) in [6, 6.07) is 0. The van der Waals surface area contributed by atoms with E-state index < -0.39 is 5.56 Å². The third-order valence-electron chi connectivity index (χ3n) is 3.22. The molecule has 0 saturated carbocycles. The molecule has 2 aromatic rings. The van der Waals surface area contributed by atoms with E-state index in [1.807, 2.05) is 24.6 Å². The van der Waals surface area contributed by atoms with Gasteiger partial charge in [-0.15, -0.1) is 0 Å². The molecule has 0 bridgehead atoms. The maximum Gasteiger partial charge on any atom is 0.331 e. The van der Waals surface area contributed by atoms with Crippen LogP contribution in [0.3, 0.4) is 0 Å². The molecule has 2 rings (SSSR count). The molecule has 0 aliphatic heterocycles. The maximum absolute atomic E-state index is 12.2. The van der Waals surface area contributed by atoms with Gasteiger partial charge in [0.25, 0.3) is 5.56 Å². The summed E-state index contributed by atoms with van der Waals surface area (Å²) in [5, 5.41) is 0. The maximum atomic E-state index is 12.2. The predicted molar refractivity (Wildman–Crippen MR) is 76.6 cm³/mol. The standard InChI is InChI=1S/C13H19N5O2/c1-3-5-17-9-11(14)12(19)18(13(17)20)8-7-16-6-4-15-10(16)2/h4,6,9H,3,5,7-8,14H2,1-2H3. The van der Waals surface area contributed by atoms with E-state index in [-0.39, 0.29) is 17.9 Å². The second-order valence-electron chi connectivity index (χ2n) is 4.69. The lowest BCUT2D eigenvalue weighted by Crippen LogP contribution is -2.41. The first-order valence-corrected chi connectivity index (χ1v) is 6.62. The third-order valence-corrected chi connectivity index (χ3v) is 3.22. The van der Waals surface area contributed by atoms with Gasteiger partial charge in [-0.1, -0.05) is 6.92 Å². The largest absolute Gasteiger partial charge is 0.393 e. The molecule has 0 fully saturated rings. The topological polar surface area (TPSA) is 87.8 Å². The molecule has 0 atom stereocenters. The molecule has 108 valence electrons. The van der Waals surface area contributed by atoms with Gasteiger partial charge in [-0.25, -0.2) is 9.78 Å². The molecule has 20 heavy (non-hydrogen) atoms. The summed E-state index contributed by atoms with van der Waals surface area (Å²) in [6.07, 6.45) is 5.73. The van der Waals surface area contributed by atoms with Gasteiger partial charge in [0.05, 0.1) is 0 Å². The summed E-state index contributed by atoms with van der Waals surface area (Å²) in [6.45, 7) is 5.18. The lowest BCUT2D eigenvalue weighted by Gasteiger charge is -2.11. The van der Waals surface area contributed by atoms with E-state index in [0.717, 1.165) is 12.2 Å². The van der Waals surface area contributed by atoms with Crippen LogP contribution in [-0.4, -0.2) is 18.7 Å². The van der Waals surface area contributed by atoms with Crippen LogP contribution in [-0.2, 0) is 19.6 Å². The Morgan fingerprint density at radius 3 is 2.55 bits per heavy atom. The molecule has 7 nitrogen and oxygen atoms in total. The van der Waals surface area contributed by atoms with Crippen LogP contribution in [0.2, 0.25) is 0 Å². The van der Waals surface area contributed by atoms with Crippen molar-refractivity contribution in [2.24, 2.45) is 0 Å². The van der Waals surface area contributed by atoms with E-state index in [4.69, 9.17) is 5.73 Å². The number of anilines is 1. The zero-order valence-electron chi connectivity index (χ0n) is 11.7. The molecule has 0 spiro atoms. The minimum Gasteiger partial charge on any atom is -0.393 e. The van der Waals surface area contributed by atoms with Gasteiger partial charge in [0, 0.05) is 38.2 Å². The SMILES string of the molecule is CCCn1cc(N)c(=O)n(CCn2ccnc2C)c1=O. The smallest absolute Gasteiger partial charge is 0.331 e. The van der Waals surface area contributed by atoms with Gasteiger partial charge in [-0.3, -0.25) is 13.9 Å². The molecule has 2 heterocycles. The summed E-state index contributed by atoms with van der Waals surface area (Å²) in [7, 11) is 0. The van der Waals surface area contributed by atoms with Crippen LogP contribution >= 0.6 is 0 Å². The Labute approximate surface area is 116 Å². The molecule has 0 unspecified atom stereocenters. The van der Waals surface area contributed by atoms with Crippen molar-refractivity contribution in [2.45, 2.75) is 39.9 Å². The lowest BCUT2D eigenvalue weighted by atomic mass is 10.4. The summed E-state index contributed by atoms with van der Waals surface area (Å²) in [4.78, 5) is 28.3. The normalized spacial score (nSPS) is 10.9. The molecular formula is C13H19N5O2. The molecule has 0 aliphatic rings. The van der Waals surface area contributed by atoms with Crippen molar-refractivity contribution < 1.29 is 0 Å². The molecule has 7 heteroatoms. The number of imidazole rings is 1. The molecule has 0 radical (unpaired) electrons. The van der Waals surface area contributed by atoms with Crippen molar-refractivity contribution in [1.29, 1.82) is 0 Å². The van der Waals surface area contributed by atoms with Gasteiger partial charge in [0.1, 0.15) is 11.5 Å². The highest BCUT2D eigenvalue weighted by molar-refractivity contribution is 5.30. The zero-order valence-corrected chi connectivity index (χ0v) is 11.7. The fourth-order valence-electron chi connectivity index (χ4n) is 2.12. The second kappa shape index (κ2) is 5.77. The number of aromatic nitrogens is 4. The average Bonchev–Trinajstić information content (AvgIpc) is 2.82. The number of hydrogen-bond acceptors (Lipinski definition) is 4. The van der Waals surface area contributed by atoms with E-state index in [9.17, 15) is 9.59 Å². The molecular weight excluding hydrogens is 258 g/mol. The van der Waals surface area contributed by atoms with E-state index in [1.165, 1.54) is 15.3 Å². The Hall–Kier alpha value is -2.31. The molecule has 2 aromatic heterocycles. The molecule has 0 saturated heterocycles. The summed E-state index contributed by atoms with van der Waals surface area (Å²) < 4.78 is 4.56. The van der Waals surface area contributed by atoms with Crippen LogP contribution in [0.4, 0.5) is 5.69 Å². The van der Waals surface area contributed by atoms with Gasteiger partial charge < -0.3 is 10.3 Å². The van der Waals surface area contributed by atoms with Crippen molar-refractivity contribution in [2.75, 3.05) is 5.73 Å². The van der Waals surface area contributed by atoms with E-state index in [1.54, 1.807) is 6.20 Å². The van der Waals surface area contributed by atoms with E-state index in [2.05, 4.69) is 4.98 Å². The second-order valence-corrected chi connectivity index (χ2v) is 4.69. The van der Waals surface area contributed by atoms with Gasteiger partial charge in [0.15, 0.2) is 0 Å². The highest BCUT2D eigenvalue weighted by atomic mass is 16.2. The van der Waals surface area contributed by atoms with Gasteiger partial charge in [-0.05, 0) is 13.3 Å². The Kier molecular flexibility index (Phi) is 4.07. The molecule has 0 aliphatic carbocycles. The Morgan fingerprint density at radius 1 is 1.20 bits per heavy atom. The van der Waals surface area contributed by atoms with Crippen LogP contribution in [0.5, 0.6) is 0 Å². The van der Waals surface area contributed by atoms with Crippen LogP contribution in [0.15, 0.2) is 28.2 Å². The number of aryl methyl sites for hydroxylation is 3. The van der Waals surface area contributed by atoms with Gasteiger partial charge in [-0.2, -0.15) is 0 Å². The minimum atomic E-state index is -0.430. The molecule has 2 N–H and O–H groups in total. The minimum absolute atomic E-state index is 0.0976. The zero-order chi connectivity index (χ0) is 14.7. The summed E-state index contributed by atoms with van der Waals surface area (Å²) >= 11 is 0. The van der Waals surface area contributed by atoms with Gasteiger partial charge >= 0.3 is 5.69 Å². The number of rotatable bonds is 5. The van der Waals surface area contributed by atoms with Crippen molar-refractivity contribution in [1.82, 2.24) is 18.7 Å². The molecule has 0 aromatic carbocycles. The lowest BCUT2D eigenvalue weighted by molar-refractivity contribution is 0.502. The first-order chi connectivity index (χ1) is 9.54. The fourth-order valence-corrected chi connectivity index (χ4v) is 2.12. The van der Waals surface area contributed by atoms with Crippen molar-refractivity contribution in [3.05, 3.63) is 45.3 Å².